The third-order valence-electron chi connectivity index (χ3n) is 2.84. The van der Waals surface area contributed by atoms with Crippen LogP contribution in [0.4, 0.5) is 0 Å². The van der Waals surface area contributed by atoms with Crippen LogP contribution in [-0.2, 0) is 0 Å². The lowest BCUT2D eigenvalue weighted by Gasteiger charge is -2.17. The molecule has 6 nitrogen and oxygen atoms in total. The summed E-state index contributed by atoms with van der Waals surface area (Å²) in [7, 11) is 0. The lowest BCUT2D eigenvalue weighted by molar-refractivity contribution is 0.0690. The van der Waals surface area contributed by atoms with Crippen molar-refractivity contribution in [3.8, 4) is 0 Å². The van der Waals surface area contributed by atoms with Crippen LogP contribution in [0.15, 0.2) is 9.82 Å². The quantitative estimate of drug-likeness (QED) is 0.578. The number of carboxylic acids is 1. The minimum absolute atomic E-state index is 0.0872. The fourth-order valence-electron chi connectivity index (χ4n) is 1.73. The summed E-state index contributed by atoms with van der Waals surface area (Å²) in [5.41, 5.74) is -0.0742. The van der Waals surface area contributed by atoms with E-state index in [0.29, 0.717) is 16.5 Å². The number of aromatic carboxylic acids is 1. The first kappa shape index (κ1) is 15.7. The van der Waals surface area contributed by atoms with Gasteiger partial charge in [-0.25, -0.2) is 9.59 Å². The van der Waals surface area contributed by atoms with E-state index in [2.05, 4.69) is 28.7 Å². The van der Waals surface area contributed by atoms with Crippen LogP contribution in [-0.4, -0.2) is 51.3 Å². The number of thioether (sulfide) groups is 1. The molecule has 0 aliphatic rings. The van der Waals surface area contributed by atoms with Crippen molar-refractivity contribution in [2.45, 2.75) is 25.8 Å². The molecule has 2 N–H and O–H groups in total. The van der Waals surface area contributed by atoms with E-state index in [0.717, 1.165) is 19.6 Å². The van der Waals surface area contributed by atoms with Crippen molar-refractivity contribution in [1.82, 2.24) is 14.9 Å². The van der Waals surface area contributed by atoms with Crippen molar-refractivity contribution in [3.05, 3.63) is 21.7 Å². The summed E-state index contributed by atoms with van der Waals surface area (Å²) < 4.78 is 0. The van der Waals surface area contributed by atoms with Gasteiger partial charge >= 0.3 is 11.7 Å². The molecule has 19 heavy (non-hydrogen) atoms. The van der Waals surface area contributed by atoms with Crippen LogP contribution in [0.3, 0.4) is 0 Å². The van der Waals surface area contributed by atoms with Crippen molar-refractivity contribution in [2.24, 2.45) is 0 Å². The van der Waals surface area contributed by atoms with Gasteiger partial charge in [0.2, 0.25) is 0 Å². The van der Waals surface area contributed by atoms with E-state index in [-0.39, 0.29) is 5.56 Å². The largest absolute Gasteiger partial charge is 0.478 e. The Morgan fingerprint density at radius 3 is 2.58 bits per heavy atom. The number of hydrogen-bond donors (Lipinski definition) is 2. The summed E-state index contributed by atoms with van der Waals surface area (Å²) in [6.07, 6.45) is 0. The fourth-order valence-corrected chi connectivity index (χ4v) is 2.80. The SMILES string of the molecule is CCN(CC)CCSc1nc(=O)[nH]c(C)c1C(=O)O. The molecule has 0 amide bonds. The van der Waals surface area contributed by atoms with Crippen LogP contribution in [0.2, 0.25) is 0 Å². The highest BCUT2D eigenvalue weighted by atomic mass is 32.2. The van der Waals surface area contributed by atoms with Crippen LogP contribution in [0, 0.1) is 6.92 Å². The molecule has 0 aliphatic heterocycles. The van der Waals surface area contributed by atoms with E-state index in [1.54, 1.807) is 6.92 Å². The van der Waals surface area contributed by atoms with Crippen LogP contribution in [0.5, 0.6) is 0 Å². The van der Waals surface area contributed by atoms with Crippen molar-refractivity contribution in [1.29, 1.82) is 0 Å². The van der Waals surface area contributed by atoms with Gasteiger partial charge in [0.15, 0.2) is 0 Å². The topological polar surface area (TPSA) is 86.3 Å². The number of hydrogen-bond acceptors (Lipinski definition) is 5. The molecule has 0 atom stereocenters. The number of carboxylic acid groups (broad SMARTS) is 1. The minimum atomic E-state index is -1.06. The third-order valence-corrected chi connectivity index (χ3v) is 3.80. The van der Waals surface area contributed by atoms with Gasteiger partial charge in [0, 0.05) is 18.0 Å². The summed E-state index contributed by atoms with van der Waals surface area (Å²) in [5.74, 6) is -0.357. The second kappa shape index (κ2) is 7.30. The second-order valence-electron chi connectivity index (χ2n) is 4.03. The molecule has 0 unspecified atom stereocenters. The Bertz CT molecular complexity index is 497. The number of nitrogens with zero attached hydrogens (tertiary/aromatic N) is 2. The molecule has 106 valence electrons. The maximum Gasteiger partial charge on any atom is 0.346 e. The second-order valence-corrected chi connectivity index (χ2v) is 5.11. The van der Waals surface area contributed by atoms with Gasteiger partial charge in [-0.15, -0.1) is 11.8 Å². The summed E-state index contributed by atoms with van der Waals surface area (Å²) in [6.45, 7) is 8.46. The molecule has 7 heteroatoms. The Labute approximate surface area is 116 Å². The highest BCUT2D eigenvalue weighted by Gasteiger charge is 2.16. The smallest absolute Gasteiger partial charge is 0.346 e. The molecule has 0 bridgehead atoms. The summed E-state index contributed by atoms with van der Waals surface area (Å²) in [5, 5.41) is 9.44. The first-order valence-electron chi connectivity index (χ1n) is 6.18. The zero-order chi connectivity index (χ0) is 14.4. The fraction of sp³-hybridized carbons (Fsp3) is 0.583. The maximum absolute atomic E-state index is 11.3. The molecule has 0 aliphatic carbocycles. The van der Waals surface area contributed by atoms with Crippen molar-refractivity contribution in [2.75, 3.05) is 25.4 Å². The first-order valence-corrected chi connectivity index (χ1v) is 7.17. The first-order chi connectivity index (χ1) is 8.99. The number of aromatic nitrogens is 2. The van der Waals surface area contributed by atoms with Gasteiger partial charge in [-0.2, -0.15) is 4.98 Å². The number of rotatable bonds is 7. The van der Waals surface area contributed by atoms with Crippen molar-refractivity contribution < 1.29 is 9.90 Å². The lowest BCUT2D eigenvalue weighted by atomic mass is 10.2. The minimum Gasteiger partial charge on any atom is -0.478 e. The Kier molecular flexibility index (Phi) is 6.04. The zero-order valence-electron chi connectivity index (χ0n) is 11.4. The van der Waals surface area contributed by atoms with Crippen LogP contribution >= 0.6 is 11.8 Å². The molecule has 1 aromatic heterocycles. The van der Waals surface area contributed by atoms with E-state index in [9.17, 15) is 9.59 Å². The molecule has 1 rings (SSSR count). The Hall–Kier alpha value is -1.34. The summed E-state index contributed by atoms with van der Waals surface area (Å²) >= 11 is 1.31. The van der Waals surface area contributed by atoms with Gasteiger partial charge in [-0.1, -0.05) is 13.8 Å². The van der Waals surface area contributed by atoms with E-state index in [1.165, 1.54) is 11.8 Å². The molecule has 0 radical (unpaired) electrons. The molecule has 1 aromatic rings. The summed E-state index contributed by atoms with van der Waals surface area (Å²) in [4.78, 5) is 30.9. The normalized spacial score (nSPS) is 10.9. The van der Waals surface area contributed by atoms with Gasteiger partial charge in [-0.05, 0) is 20.0 Å². The molecule has 1 heterocycles. The Balaban J connectivity index is 2.83. The van der Waals surface area contributed by atoms with Gasteiger partial charge < -0.3 is 15.0 Å². The van der Waals surface area contributed by atoms with Crippen molar-refractivity contribution >= 4 is 17.7 Å². The van der Waals surface area contributed by atoms with Gasteiger partial charge in [0.25, 0.3) is 0 Å². The average Bonchev–Trinajstić information content (AvgIpc) is 2.33. The molecule has 0 spiro atoms. The molecular weight excluding hydrogens is 266 g/mol. The molecule has 0 saturated carbocycles. The predicted octanol–water partition coefficient (Wildman–Crippen LogP) is 1.21. The number of aromatic amines is 1. The number of nitrogens with one attached hydrogen (secondary N) is 1. The highest BCUT2D eigenvalue weighted by molar-refractivity contribution is 7.99. The Morgan fingerprint density at radius 2 is 2.05 bits per heavy atom. The molecule has 0 aromatic carbocycles. The standard InChI is InChI=1S/C12H19N3O3S/c1-4-15(5-2)6-7-19-10-9(11(16)17)8(3)13-12(18)14-10/h4-7H2,1-3H3,(H,16,17)(H,13,14,18). The number of carbonyl (C=O) groups is 1. The maximum atomic E-state index is 11.3. The predicted molar refractivity (Wildman–Crippen MR) is 75.1 cm³/mol. The molecule has 0 saturated heterocycles. The Morgan fingerprint density at radius 1 is 1.42 bits per heavy atom. The number of H-pyrrole nitrogens is 1. The highest BCUT2D eigenvalue weighted by Crippen LogP contribution is 2.20. The van der Waals surface area contributed by atoms with E-state index >= 15 is 0 Å². The molecule has 0 fully saturated rings. The average molecular weight is 285 g/mol. The third kappa shape index (κ3) is 4.36. The van der Waals surface area contributed by atoms with E-state index in [1.807, 2.05) is 0 Å². The zero-order valence-corrected chi connectivity index (χ0v) is 12.2. The van der Waals surface area contributed by atoms with E-state index < -0.39 is 11.7 Å². The van der Waals surface area contributed by atoms with E-state index in [4.69, 9.17) is 5.11 Å². The van der Waals surface area contributed by atoms with Crippen LogP contribution in [0.25, 0.3) is 0 Å². The van der Waals surface area contributed by atoms with Crippen LogP contribution < -0.4 is 5.69 Å². The van der Waals surface area contributed by atoms with Gasteiger partial charge in [0.05, 0.1) is 0 Å². The van der Waals surface area contributed by atoms with Crippen molar-refractivity contribution in [3.63, 3.8) is 0 Å². The summed E-state index contributed by atoms with van der Waals surface area (Å²) in [6, 6.07) is 0. The van der Waals surface area contributed by atoms with Gasteiger partial charge in [0.1, 0.15) is 10.6 Å². The van der Waals surface area contributed by atoms with Gasteiger partial charge in [-0.3, -0.25) is 0 Å². The molecular formula is C12H19N3O3S. The lowest BCUT2D eigenvalue weighted by Crippen LogP contribution is -2.25. The monoisotopic (exact) mass is 285 g/mol. The number of aryl methyl sites for hydroxylation is 1. The van der Waals surface area contributed by atoms with Crippen LogP contribution in [0.1, 0.15) is 29.9 Å².